The summed E-state index contributed by atoms with van der Waals surface area (Å²) in [4.78, 5) is 8.23. The first-order chi connectivity index (χ1) is 9.65. The van der Waals surface area contributed by atoms with E-state index in [1.165, 1.54) is 18.1 Å². The molecule has 0 aromatic carbocycles. The Morgan fingerprint density at radius 1 is 1.40 bits per heavy atom. The average Bonchev–Trinajstić information content (AvgIpc) is 3.14. The third-order valence-electron chi connectivity index (χ3n) is 2.70. The highest BCUT2D eigenvalue weighted by molar-refractivity contribution is 7.99. The summed E-state index contributed by atoms with van der Waals surface area (Å²) in [6.07, 6.45) is 3.66. The summed E-state index contributed by atoms with van der Waals surface area (Å²) in [5.74, 6) is 0.392. The van der Waals surface area contributed by atoms with Gasteiger partial charge in [0.1, 0.15) is 17.0 Å². The molecule has 0 amide bonds. The van der Waals surface area contributed by atoms with Gasteiger partial charge in [0.2, 0.25) is 11.0 Å². The number of nitrogen functional groups attached to an aromatic ring is 1. The van der Waals surface area contributed by atoms with Crippen LogP contribution in [-0.4, -0.2) is 36.3 Å². The summed E-state index contributed by atoms with van der Waals surface area (Å²) in [7, 11) is 0. The van der Waals surface area contributed by atoms with E-state index in [1.54, 1.807) is 0 Å². The number of nitrogens with zero attached hydrogens (tertiary/aromatic N) is 6. The van der Waals surface area contributed by atoms with Crippen molar-refractivity contribution >= 4 is 17.4 Å². The van der Waals surface area contributed by atoms with Crippen molar-refractivity contribution in [2.24, 2.45) is 0 Å². The molecule has 1 fully saturated rings. The van der Waals surface area contributed by atoms with E-state index in [0.29, 0.717) is 27.8 Å². The van der Waals surface area contributed by atoms with Crippen molar-refractivity contribution in [3.63, 3.8) is 0 Å². The normalized spacial score (nSPS) is 14.8. The molecule has 2 aromatic heterocycles. The summed E-state index contributed by atoms with van der Waals surface area (Å²) in [6.45, 7) is 3.84. The van der Waals surface area contributed by atoms with Crippen LogP contribution in [0.15, 0.2) is 16.5 Å². The standard InChI is InChI=1S/C11H15N7OS/c1-6(2)19-9-8(12)10(14-5-13-9)20-11-15-16-17-18(11)7-3-4-7/h5-7H,3-4,12H2,1-2H3. The molecule has 0 atom stereocenters. The highest BCUT2D eigenvalue weighted by Crippen LogP contribution is 2.39. The number of rotatable bonds is 5. The van der Waals surface area contributed by atoms with E-state index in [9.17, 15) is 0 Å². The fraction of sp³-hybridized carbons (Fsp3) is 0.545. The highest BCUT2D eigenvalue weighted by atomic mass is 32.2. The third-order valence-corrected chi connectivity index (χ3v) is 3.67. The molecular formula is C11H15N7OS. The molecule has 0 saturated heterocycles. The molecule has 0 spiro atoms. The molecule has 0 bridgehead atoms. The Labute approximate surface area is 120 Å². The number of nitrogens with two attached hydrogens (primary N) is 1. The Morgan fingerprint density at radius 2 is 2.20 bits per heavy atom. The van der Waals surface area contributed by atoms with Crippen molar-refractivity contribution in [1.29, 1.82) is 0 Å². The maximum Gasteiger partial charge on any atom is 0.241 e. The zero-order valence-electron chi connectivity index (χ0n) is 11.2. The van der Waals surface area contributed by atoms with Crippen molar-refractivity contribution in [1.82, 2.24) is 30.2 Å². The van der Waals surface area contributed by atoms with E-state index >= 15 is 0 Å². The van der Waals surface area contributed by atoms with Gasteiger partial charge in [0.15, 0.2) is 0 Å². The first-order valence-corrected chi connectivity index (χ1v) is 7.19. The fourth-order valence-corrected chi connectivity index (χ4v) is 2.48. The predicted molar refractivity (Wildman–Crippen MR) is 72.4 cm³/mol. The molecule has 0 unspecified atom stereocenters. The number of ether oxygens (including phenoxy) is 1. The molecule has 1 saturated carbocycles. The van der Waals surface area contributed by atoms with E-state index < -0.39 is 0 Å². The smallest absolute Gasteiger partial charge is 0.241 e. The van der Waals surface area contributed by atoms with Gasteiger partial charge in [-0.15, -0.1) is 5.10 Å². The van der Waals surface area contributed by atoms with Gasteiger partial charge in [0.05, 0.1) is 12.1 Å². The lowest BCUT2D eigenvalue weighted by molar-refractivity contribution is 0.233. The van der Waals surface area contributed by atoms with Crippen molar-refractivity contribution < 1.29 is 4.74 Å². The van der Waals surface area contributed by atoms with Crippen LogP contribution in [0.3, 0.4) is 0 Å². The molecule has 0 radical (unpaired) electrons. The first kappa shape index (κ1) is 13.1. The van der Waals surface area contributed by atoms with Gasteiger partial charge < -0.3 is 10.5 Å². The van der Waals surface area contributed by atoms with E-state index in [4.69, 9.17) is 10.5 Å². The maximum atomic E-state index is 6.04. The highest BCUT2D eigenvalue weighted by Gasteiger charge is 2.28. The molecule has 1 aliphatic rings. The summed E-state index contributed by atoms with van der Waals surface area (Å²) in [5, 5.41) is 13.0. The lowest BCUT2D eigenvalue weighted by atomic mass is 10.4. The van der Waals surface area contributed by atoms with Gasteiger partial charge in [-0.3, -0.25) is 0 Å². The molecule has 106 valence electrons. The van der Waals surface area contributed by atoms with Crippen LogP contribution in [0.5, 0.6) is 5.88 Å². The van der Waals surface area contributed by atoms with Crippen LogP contribution in [-0.2, 0) is 0 Å². The Balaban J connectivity index is 1.85. The van der Waals surface area contributed by atoms with E-state index in [0.717, 1.165) is 12.8 Å². The van der Waals surface area contributed by atoms with Gasteiger partial charge in [-0.05, 0) is 48.9 Å². The molecule has 9 heteroatoms. The molecule has 8 nitrogen and oxygen atoms in total. The van der Waals surface area contributed by atoms with Crippen molar-refractivity contribution in [3.05, 3.63) is 6.33 Å². The lowest BCUT2D eigenvalue weighted by Gasteiger charge is -2.12. The Hall–Kier alpha value is -1.90. The Bertz CT molecular complexity index is 611. The maximum absolute atomic E-state index is 6.04. The second kappa shape index (κ2) is 5.23. The quantitative estimate of drug-likeness (QED) is 0.823. The van der Waals surface area contributed by atoms with E-state index in [-0.39, 0.29) is 6.10 Å². The minimum atomic E-state index is 0.00170. The topological polar surface area (TPSA) is 105 Å². The van der Waals surface area contributed by atoms with Crippen LogP contribution in [0.2, 0.25) is 0 Å². The van der Waals surface area contributed by atoms with Crippen LogP contribution in [0, 0.1) is 0 Å². The van der Waals surface area contributed by atoms with Gasteiger partial charge in [-0.25, -0.2) is 9.67 Å². The molecule has 2 N–H and O–H groups in total. The summed E-state index contributed by atoms with van der Waals surface area (Å²) >= 11 is 1.33. The van der Waals surface area contributed by atoms with Crippen LogP contribution in [0.25, 0.3) is 0 Å². The largest absolute Gasteiger partial charge is 0.473 e. The third kappa shape index (κ3) is 2.67. The second-order valence-electron chi connectivity index (χ2n) is 4.80. The number of hydrogen-bond donors (Lipinski definition) is 1. The molecule has 0 aliphatic heterocycles. The monoisotopic (exact) mass is 293 g/mol. The molecular weight excluding hydrogens is 278 g/mol. The molecule has 2 heterocycles. The lowest BCUT2D eigenvalue weighted by Crippen LogP contribution is -2.10. The zero-order valence-corrected chi connectivity index (χ0v) is 12.0. The summed E-state index contributed by atoms with van der Waals surface area (Å²) in [5.41, 5.74) is 6.45. The number of aromatic nitrogens is 6. The molecule has 1 aliphatic carbocycles. The molecule has 20 heavy (non-hydrogen) atoms. The molecule has 2 aromatic rings. The van der Waals surface area contributed by atoms with Gasteiger partial charge in [-0.2, -0.15) is 4.98 Å². The van der Waals surface area contributed by atoms with Crippen molar-refractivity contribution in [2.45, 2.75) is 49.0 Å². The fourth-order valence-electron chi connectivity index (χ4n) is 1.65. The van der Waals surface area contributed by atoms with Crippen LogP contribution in [0.4, 0.5) is 5.69 Å². The second-order valence-corrected chi connectivity index (χ2v) is 5.76. The Kier molecular flexibility index (Phi) is 3.43. The van der Waals surface area contributed by atoms with Crippen LogP contribution in [0.1, 0.15) is 32.7 Å². The van der Waals surface area contributed by atoms with Crippen molar-refractivity contribution in [3.8, 4) is 5.88 Å². The number of anilines is 1. The molecule has 3 rings (SSSR count). The van der Waals surface area contributed by atoms with Gasteiger partial charge >= 0.3 is 0 Å². The number of hydrogen-bond acceptors (Lipinski definition) is 8. The van der Waals surface area contributed by atoms with E-state index in [1.807, 2.05) is 18.5 Å². The first-order valence-electron chi connectivity index (χ1n) is 6.38. The SMILES string of the molecule is CC(C)Oc1ncnc(Sc2nnnn2C2CC2)c1N. The minimum Gasteiger partial charge on any atom is -0.473 e. The summed E-state index contributed by atoms with van der Waals surface area (Å²) < 4.78 is 7.36. The number of tetrazole rings is 1. The van der Waals surface area contributed by atoms with Gasteiger partial charge in [0.25, 0.3) is 0 Å². The van der Waals surface area contributed by atoms with E-state index in [2.05, 4.69) is 25.5 Å². The minimum absolute atomic E-state index is 0.00170. The van der Waals surface area contributed by atoms with Crippen LogP contribution < -0.4 is 10.5 Å². The van der Waals surface area contributed by atoms with Crippen LogP contribution >= 0.6 is 11.8 Å². The zero-order chi connectivity index (χ0) is 14.1. The average molecular weight is 293 g/mol. The van der Waals surface area contributed by atoms with Crippen molar-refractivity contribution in [2.75, 3.05) is 5.73 Å². The summed E-state index contributed by atoms with van der Waals surface area (Å²) in [6, 6.07) is 0.405. The van der Waals surface area contributed by atoms with Gasteiger partial charge in [0, 0.05) is 0 Å². The predicted octanol–water partition coefficient (Wildman–Crippen LogP) is 1.32. The Morgan fingerprint density at radius 3 is 2.90 bits per heavy atom. The van der Waals surface area contributed by atoms with Gasteiger partial charge in [-0.1, -0.05) is 0 Å².